The number of alkyl halides is 1. The van der Waals surface area contributed by atoms with Gasteiger partial charge in [-0.2, -0.15) is 0 Å². The summed E-state index contributed by atoms with van der Waals surface area (Å²) in [5.74, 6) is -0.553. The monoisotopic (exact) mass is 300 g/mol. The molecule has 1 aromatic carbocycles. The second-order valence-electron chi connectivity index (χ2n) is 4.59. The van der Waals surface area contributed by atoms with Crippen LogP contribution in [-0.2, 0) is 20.9 Å². The standard InChI is InChI=1S/C14H17FO4S/c1-9(16)19-14-12(15)13(17)11(20-14)8-18-7-10-5-3-2-4-6-10/h2-6,11-14,17H,7-8H2,1H3/t11-,12+,13-,14?/m1/s1. The molecule has 0 saturated carbocycles. The van der Waals surface area contributed by atoms with Crippen molar-refractivity contribution in [3.8, 4) is 0 Å². The van der Waals surface area contributed by atoms with Gasteiger partial charge in [0.05, 0.1) is 18.5 Å². The van der Waals surface area contributed by atoms with Crippen LogP contribution in [0.4, 0.5) is 4.39 Å². The van der Waals surface area contributed by atoms with Crippen molar-refractivity contribution in [1.82, 2.24) is 0 Å². The van der Waals surface area contributed by atoms with E-state index in [0.717, 1.165) is 17.3 Å². The molecule has 1 aromatic rings. The Labute approximate surface area is 121 Å². The number of aliphatic hydroxyl groups excluding tert-OH is 1. The first-order valence-electron chi connectivity index (χ1n) is 6.34. The van der Waals surface area contributed by atoms with E-state index < -0.39 is 28.9 Å². The first kappa shape index (κ1) is 15.3. The maximum absolute atomic E-state index is 13.7. The molecule has 0 spiro atoms. The van der Waals surface area contributed by atoms with E-state index in [1.807, 2.05) is 30.3 Å². The Morgan fingerprint density at radius 3 is 2.75 bits per heavy atom. The smallest absolute Gasteiger partial charge is 0.303 e. The Morgan fingerprint density at radius 2 is 2.10 bits per heavy atom. The molecule has 0 amide bonds. The van der Waals surface area contributed by atoms with Gasteiger partial charge in [-0.1, -0.05) is 30.3 Å². The van der Waals surface area contributed by atoms with Gasteiger partial charge in [0.1, 0.15) is 6.10 Å². The van der Waals surface area contributed by atoms with Crippen LogP contribution in [0.5, 0.6) is 0 Å². The minimum atomic E-state index is -1.57. The average molecular weight is 300 g/mol. The van der Waals surface area contributed by atoms with Crippen LogP contribution in [0, 0.1) is 0 Å². The highest BCUT2D eigenvalue weighted by atomic mass is 32.2. The van der Waals surface area contributed by atoms with E-state index >= 15 is 0 Å². The minimum absolute atomic E-state index is 0.207. The number of aliphatic hydroxyl groups is 1. The van der Waals surface area contributed by atoms with Crippen molar-refractivity contribution < 1.29 is 23.8 Å². The van der Waals surface area contributed by atoms with Gasteiger partial charge in [-0.15, -0.1) is 11.8 Å². The highest BCUT2D eigenvalue weighted by Gasteiger charge is 2.45. The third kappa shape index (κ3) is 3.94. The maximum atomic E-state index is 13.7. The quantitative estimate of drug-likeness (QED) is 0.842. The lowest BCUT2D eigenvalue weighted by molar-refractivity contribution is -0.145. The van der Waals surface area contributed by atoms with Crippen LogP contribution in [0.3, 0.4) is 0 Å². The molecule has 0 aromatic heterocycles. The molecule has 1 fully saturated rings. The summed E-state index contributed by atoms with van der Waals surface area (Å²) in [5, 5.41) is 9.34. The van der Waals surface area contributed by atoms with Gasteiger partial charge in [0.25, 0.3) is 0 Å². The highest BCUT2D eigenvalue weighted by molar-refractivity contribution is 8.00. The normalized spacial score (nSPS) is 29.4. The zero-order valence-electron chi connectivity index (χ0n) is 11.1. The van der Waals surface area contributed by atoms with Crippen molar-refractivity contribution in [3.63, 3.8) is 0 Å². The molecule has 2 rings (SSSR count). The number of hydrogen-bond acceptors (Lipinski definition) is 5. The number of hydrogen-bond donors (Lipinski definition) is 1. The molecule has 0 aliphatic carbocycles. The largest absolute Gasteiger partial charge is 0.448 e. The van der Waals surface area contributed by atoms with Crippen molar-refractivity contribution in [2.75, 3.05) is 6.61 Å². The fourth-order valence-corrected chi connectivity index (χ4v) is 3.29. The maximum Gasteiger partial charge on any atom is 0.303 e. The van der Waals surface area contributed by atoms with E-state index in [1.165, 1.54) is 6.92 Å². The van der Waals surface area contributed by atoms with Gasteiger partial charge in [-0.3, -0.25) is 4.79 Å². The van der Waals surface area contributed by atoms with E-state index in [2.05, 4.69) is 0 Å². The molecule has 4 nitrogen and oxygen atoms in total. The van der Waals surface area contributed by atoms with Crippen LogP contribution in [0.1, 0.15) is 12.5 Å². The number of benzene rings is 1. The second kappa shape index (κ2) is 7.06. The first-order valence-corrected chi connectivity index (χ1v) is 7.28. The molecule has 0 bridgehead atoms. The van der Waals surface area contributed by atoms with Crippen LogP contribution in [0.15, 0.2) is 30.3 Å². The van der Waals surface area contributed by atoms with Gasteiger partial charge in [0.2, 0.25) is 0 Å². The number of ether oxygens (including phenoxy) is 2. The number of thioether (sulfide) groups is 1. The fraction of sp³-hybridized carbons (Fsp3) is 0.500. The molecule has 1 saturated heterocycles. The van der Waals surface area contributed by atoms with Gasteiger partial charge < -0.3 is 14.6 Å². The van der Waals surface area contributed by atoms with Crippen LogP contribution in [-0.4, -0.2) is 40.6 Å². The van der Waals surface area contributed by atoms with E-state index in [9.17, 15) is 14.3 Å². The Morgan fingerprint density at radius 1 is 1.40 bits per heavy atom. The van der Waals surface area contributed by atoms with Crippen molar-refractivity contribution in [1.29, 1.82) is 0 Å². The van der Waals surface area contributed by atoms with Gasteiger partial charge in [-0.25, -0.2) is 4.39 Å². The van der Waals surface area contributed by atoms with Crippen molar-refractivity contribution >= 4 is 17.7 Å². The Balaban J connectivity index is 1.80. The zero-order chi connectivity index (χ0) is 14.5. The molecule has 110 valence electrons. The number of halogens is 1. The third-order valence-corrected chi connectivity index (χ3v) is 4.34. The van der Waals surface area contributed by atoms with Gasteiger partial charge in [0, 0.05) is 6.92 Å². The van der Waals surface area contributed by atoms with Gasteiger partial charge in [-0.05, 0) is 5.56 Å². The summed E-state index contributed by atoms with van der Waals surface area (Å²) >= 11 is 1.10. The van der Waals surface area contributed by atoms with Gasteiger partial charge in [0.15, 0.2) is 11.6 Å². The lowest BCUT2D eigenvalue weighted by Crippen LogP contribution is -2.32. The molecule has 6 heteroatoms. The molecule has 1 N–H and O–H groups in total. The molecule has 1 aliphatic rings. The van der Waals surface area contributed by atoms with E-state index in [0.29, 0.717) is 6.61 Å². The van der Waals surface area contributed by atoms with Crippen LogP contribution >= 0.6 is 11.8 Å². The number of rotatable bonds is 5. The molecule has 4 atom stereocenters. The SMILES string of the molecule is CC(=O)OC1S[C@H](COCc2ccccc2)[C@@H](O)[C@@H]1F. The summed E-state index contributed by atoms with van der Waals surface area (Å²) in [5.41, 5.74) is 0.0612. The second-order valence-corrected chi connectivity index (χ2v) is 5.93. The molecular formula is C14H17FO4S. The predicted octanol–water partition coefficient (Wildman–Crippen LogP) is 1.91. The first-order chi connectivity index (χ1) is 9.58. The fourth-order valence-electron chi connectivity index (χ4n) is 1.96. The van der Waals surface area contributed by atoms with Crippen molar-refractivity contribution in [2.24, 2.45) is 0 Å². The lowest BCUT2D eigenvalue weighted by Gasteiger charge is -2.13. The van der Waals surface area contributed by atoms with E-state index in [-0.39, 0.29) is 6.61 Å². The predicted molar refractivity (Wildman–Crippen MR) is 73.9 cm³/mol. The minimum Gasteiger partial charge on any atom is -0.448 e. The highest BCUT2D eigenvalue weighted by Crippen LogP contribution is 2.37. The number of carbonyl (C=O) groups is 1. The molecule has 20 heavy (non-hydrogen) atoms. The summed E-state index contributed by atoms with van der Waals surface area (Å²) in [6.45, 7) is 1.83. The lowest BCUT2D eigenvalue weighted by atomic mass is 10.2. The third-order valence-electron chi connectivity index (χ3n) is 2.95. The van der Waals surface area contributed by atoms with Crippen molar-refractivity contribution in [3.05, 3.63) is 35.9 Å². The summed E-state index contributed by atoms with van der Waals surface area (Å²) in [7, 11) is 0. The summed E-state index contributed by atoms with van der Waals surface area (Å²) in [4.78, 5) is 10.8. The Hall–Kier alpha value is -1.11. The van der Waals surface area contributed by atoms with E-state index in [1.54, 1.807) is 0 Å². The van der Waals surface area contributed by atoms with Crippen LogP contribution < -0.4 is 0 Å². The molecule has 1 unspecified atom stereocenters. The molecule has 1 heterocycles. The molecule has 0 radical (unpaired) electrons. The van der Waals surface area contributed by atoms with E-state index in [4.69, 9.17) is 9.47 Å². The zero-order valence-corrected chi connectivity index (χ0v) is 11.9. The van der Waals surface area contributed by atoms with Crippen LogP contribution in [0.25, 0.3) is 0 Å². The van der Waals surface area contributed by atoms with Gasteiger partial charge >= 0.3 is 5.97 Å². The Kier molecular flexibility index (Phi) is 5.39. The Bertz CT molecular complexity index is 442. The molecule has 1 aliphatic heterocycles. The van der Waals surface area contributed by atoms with Crippen molar-refractivity contribution in [2.45, 2.75) is 36.5 Å². The average Bonchev–Trinajstić information content (AvgIpc) is 2.68. The number of carbonyl (C=O) groups excluding carboxylic acids is 1. The van der Waals surface area contributed by atoms with Crippen LogP contribution in [0.2, 0.25) is 0 Å². The summed E-state index contributed by atoms with van der Waals surface area (Å²) < 4.78 is 24.0. The summed E-state index contributed by atoms with van der Waals surface area (Å²) in [6.07, 6.45) is -2.76. The topological polar surface area (TPSA) is 55.8 Å². The molecular weight excluding hydrogens is 283 g/mol. The number of esters is 1. The summed E-state index contributed by atoms with van der Waals surface area (Å²) in [6, 6.07) is 9.59.